The quantitative estimate of drug-likeness (QED) is 0.487. The number of aromatic nitrogens is 6. The van der Waals surface area contributed by atoms with Crippen LogP contribution in [0.2, 0.25) is 0 Å². The Bertz CT molecular complexity index is 1270. The van der Waals surface area contributed by atoms with Crippen molar-refractivity contribution in [2.24, 2.45) is 0 Å². The van der Waals surface area contributed by atoms with E-state index >= 15 is 0 Å². The van der Waals surface area contributed by atoms with Crippen LogP contribution in [0, 0.1) is 0 Å². The smallest absolute Gasteiger partial charge is 0.258 e. The Morgan fingerprint density at radius 3 is 2.81 bits per heavy atom. The first kappa shape index (κ1) is 20.5. The number of methoxy groups -OCH3 is 1. The fraction of sp³-hybridized carbons (Fsp3) is 0.400. The summed E-state index contributed by atoms with van der Waals surface area (Å²) in [6.45, 7) is 0.357. The molecule has 1 N–H and O–H groups in total. The van der Waals surface area contributed by atoms with Gasteiger partial charge in [-0.05, 0) is 30.8 Å². The summed E-state index contributed by atoms with van der Waals surface area (Å²) < 4.78 is 48.3. The van der Waals surface area contributed by atoms with Crippen LogP contribution in [0.4, 0.5) is 19.1 Å². The third kappa shape index (κ3) is 3.60. The first-order valence-electron chi connectivity index (χ1n) is 10.1. The van der Waals surface area contributed by atoms with E-state index < -0.39 is 25.2 Å². The highest BCUT2D eigenvalue weighted by atomic mass is 19.3. The molecule has 168 valence electrons. The maximum Gasteiger partial charge on any atom is 0.258 e. The van der Waals surface area contributed by atoms with Crippen LogP contribution >= 0.6 is 0 Å². The minimum atomic E-state index is -2.54. The second kappa shape index (κ2) is 7.93. The van der Waals surface area contributed by atoms with Crippen LogP contribution in [-0.4, -0.2) is 80.4 Å². The third-order valence-corrected chi connectivity index (χ3v) is 5.55. The summed E-state index contributed by atoms with van der Waals surface area (Å²) in [5, 5.41) is 15.3. The number of fused-ring (bicyclic) bond motifs is 2. The normalized spacial score (nSPS) is 19.4. The molecule has 1 aliphatic heterocycles. The molecule has 2 atom stereocenters. The van der Waals surface area contributed by atoms with E-state index in [2.05, 4.69) is 25.7 Å². The van der Waals surface area contributed by atoms with Crippen molar-refractivity contribution >= 4 is 22.5 Å². The first-order valence-corrected chi connectivity index (χ1v) is 10.1. The molecule has 5 rings (SSSR count). The van der Waals surface area contributed by atoms with Gasteiger partial charge in [-0.15, -0.1) is 10.2 Å². The summed E-state index contributed by atoms with van der Waals surface area (Å²) >= 11 is 0. The maximum atomic E-state index is 14.2. The molecule has 0 radical (unpaired) electrons. The number of anilines is 1. The molecule has 0 amide bonds. The predicted molar refractivity (Wildman–Crippen MR) is 112 cm³/mol. The van der Waals surface area contributed by atoms with E-state index in [-0.39, 0.29) is 5.95 Å². The van der Waals surface area contributed by atoms with Crippen molar-refractivity contribution in [3.63, 3.8) is 0 Å². The molecule has 1 saturated heterocycles. The van der Waals surface area contributed by atoms with Crippen LogP contribution in [0.5, 0.6) is 5.88 Å². The summed E-state index contributed by atoms with van der Waals surface area (Å²) in [4.78, 5) is 6.33. The zero-order valence-electron chi connectivity index (χ0n) is 17.4. The number of hydrogen-bond acceptors (Lipinski definition) is 7. The second-order valence-electron chi connectivity index (χ2n) is 7.82. The number of nitrogens with zero attached hydrogens (tertiary/aromatic N) is 7. The van der Waals surface area contributed by atoms with E-state index in [9.17, 15) is 13.2 Å². The van der Waals surface area contributed by atoms with E-state index in [0.29, 0.717) is 35.5 Å². The van der Waals surface area contributed by atoms with Crippen LogP contribution in [0.15, 0.2) is 30.5 Å². The van der Waals surface area contributed by atoms with Gasteiger partial charge in [-0.25, -0.2) is 22.4 Å². The number of alkyl halides is 3. The van der Waals surface area contributed by atoms with Crippen LogP contribution in [0.1, 0.15) is 0 Å². The van der Waals surface area contributed by atoms with E-state index in [1.165, 1.54) is 11.8 Å². The van der Waals surface area contributed by atoms with Crippen LogP contribution in [0.3, 0.4) is 0 Å². The Morgan fingerprint density at radius 1 is 1.25 bits per heavy atom. The number of likely N-dealkylation sites (tertiary alicyclic amines) is 1. The van der Waals surface area contributed by atoms with Crippen molar-refractivity contribution in [2.45, 2.75) is 25.2 Å². The van der Waals surface area contributed by atoms with Crippen molar-refractivity contribution in [2.75, 3.05) is 32.6 Å². The predicted octanol–water partition coefficient (Wildman–Crippen LogP) is 2.48. The molecule has 1 aliphatic rings. The van der Waals surface area contributed by atoms with Gasteiger partial charge in [0.05, 0.1) is 18.7 Å². The van der Waals surface area contributed by atoms with E-state index in [1.807, 2.05) is 24.1 Å². The van der Waals surface area contributed by atoms with E-state index in [1.54, 1.807) is 22.8 Å². The number of ether oxygens (including phenoxy) is 1. The number of benzene rings is 1. The molecule has 9 nitrogen and oxygen atoms in total. The molecule has 0 saturated carbocycles. The van der Waals surface area contributed by atoms with Gasteiger partial charge in [0.15, 0.2) is 0 Å². The van der Waals surface area contributed by atoms with Crippen molar-refractivity contribution in [3.05, 3.63) is 30.5 Å². The van der Waals surface area contributed by atoms with Gasteiger partial charge in [-0.1, -0.05) is 11.3 Å². The Hall–Kier alpha value is -3.41. The number of hydrogen-bond donors (Lipinski definition) is 1. The molecular formula is C20H21F3N8O. The number of rotatable bonds is 6. The standard InChI is InChI=1S/C20H21F3N8O/c1-29-8-13(21)15(9-29)24-20-25-19(32-2)18-12(5-6-30(18)27-20)11-3-4-14-16(7-11)31(28-26-14)10-17(22)23/h3-7,13,15,17H,8-10H2,1-2H3,(H,24,27)/t13-,15+/m1/s1. The lowest BCUT2D eigenvalue weighted by atomic mass is 10.1. The molecule has 32 heavy (non-hydrogen) atoms. The van der Waals surface area contributed by atoms with Crippen molar-refractivity contribution in [1.29, 1.82) is 0 Å². The molecule has 1 fully saturated rings. The topological polar surface area (TPSA) is 85.4 Å². The lowest BCUT2D eigenvalue weighted by Gasteiger charge is -2.15. The second-order valence-corrected chi connectivity index (χ2v) is 7.82. The molecule has 4 heterocycles. The largest absolute Gasteiger partial charge is 0.479 e. The van der Waals surface area contributed by atoms with E-state index in [4.69, 9.17) is 4.74 Å². The fourth-order valence-corrected chi connectivity index (χ4v) is 4.08. The number of nitrogens with one attached hydrogen (secondary N) is 1. The molecular weight excluding hydrogens is 425 g/mol. The molecule has 0 aliphatic carbocycles. The summed E-state index contributed by atoms with van der Waals surface area (Å²) in [7, 11) is 3.35. The van der Waals surface area contributed by atoms with Gasteiger partial charge >= 0.3 is 0 Å². The molecule has 0 spiro atoms. The minimum absolute atomic E-state index is 0.258. The molecule has 1 aromatic carbocycles. The highest BCUT2D eigenvalue weighted by Crippen LogP contribution is 2.33. The van der Waals surface area contributed by atoms with Gasteiger partial charge in [-0.2, -0.15) is 4.98 Å². The Labute approximate surface area is 180 Å². The summed E-state index contributed by atoms with van der Waals surface area (Å²) in [5.41, 5.74) is 3.13. The monoisotopic (exact) mass is 446 g/mol. The van der Waals surface area contributed by atoms with Crippen molar-refractivity contribution in [3.8, 4) is 17.0 Å². The van der Waals surface area contributed by atoms with Crippen LogP contribution in [0.25, 0.3) is 27.7 Å². The van der Waals surface area contributed by atoms with Gasteiger partial charge in [0.1, 0.15) is 23.7 Å². The summed E-state index contributed by atoms with van der Waals surface area (Å²) in [5.74, 6) is 0.567. The van der Waals surface area contributed by atoms with Gasteiger partial charge in [-0.3, -0.25) is 0 Å². The average Bonchev–Trinajstić information content (AvgIpc) is 3.44. The molecule has 3 aromatic heterocycles. The number of likely N-dealkylation sites (N-methyl/N-ethyl adjacent to an activating group) is 1. The Kier molecular flexibility index (Phi) is 5.08. The maximum absolute atomic E-state index is 14.2. The highest BCUT2D eigenvalue weighted by Gasteiger charge is 2.31. The Morgan fingerprint density at radius 2 is 2.09 bits per heavy atom. The van der Waals surface area contributed by atoms with Crippen LogP contribution in [-0.2, 0) is 6.54 Å². The summed E-state index contributed by atoms with van der Waals surface area (Å²) in [6, 6.07) is 6.72. The van der Waals surface area contributed by atoms with Gasteiger partial charge in [0, 0.05) is 24.8 Å². The highest BCUT2D eigenvalue weighted by molar-refractivity contribution is 5.89. The SMILES string of the molecule is COc1nc(N[C@H]2CN(C)C[C@H]2F)nn2ccc(-c3ccc4nnn(CC(F)F)c4c3)c12. The zero-order chi connectivity index (χ0) is 22.4. The third-order valence-electron chi connectivity index (χ3n) is 5.55. The fourth-order valence-electron chi connectivity index (χ4n) is 4.08. The molecule has 0 unspecified atom stereocenters. The average molecular weight is 446 g/mol. The molecule has 12 heteroatoms. The van der Waals surface area contributed by atoms with Crippen LogP contribution < -0.4 is 10.1 Å². The molecule has 4 aromatic rings. The number of halogens is 3. The zero-order valence-corrected chi connectivity index (χ0v) is 17.4. The van der Waals surface area contributed by atoms with Gasteiger partial charge in [0.25, 0.3) is 6.43 Å². The summed E-state index contributed by atoms with van der Waals surface area (Å²) in [6.07, 6.45) is -1.82. The first-order chi connectivity index (χ1) is 15.4. The van der Waals surface area contributed by atoms with E-state index in [0.717, 1.165) is 11.1 Å². The minimum Gasteiger partial charge on any atom is -0.479 e. The lowest BCUT2D eigenvalue weighted by molar-refractivity contribution is 0.122. The van der Waals surface area contributed by atoms with Crippen molar-refractivity contribution < 1.29 is 17.9 Å². The van der Waals surface area contributed by atoms with Gasteiger partial charge in [0.2, 0.25) is 11.8 Å². The Balaban J connectivity index is 1.54. The van der Waals surface area contributed by atoms with Gasteiger partial charge < -0.3 is 15.0 Å². The van der Waals surface area contributed by atoms with Crippen molar-refractivity contribution in [1.82, 2.24) is 34.5 Å². The molecule has 0 bridgehead atoms. The lowest BCUT2D eigenvalue weighted by Crippen LogP contribution is -2.30.